The minimum Gasteiger partial charge on any atom is -0.346 e. The predicted octanol–water partition coefficient (Wildman–Crippen LogP) is 1.81. The van der Waals surface area contributed by atoms with E-state index in [4.69, 9.17) is 9.47 Å². The average Bonchev–Trinajstić information content (AvgIpc) is 3.03. The Kier molecular flexibility index (Phi) is 2.91. The average molecular weight is 219 g/mol. The third kappa shape index (κ3) is 1.98. The Balaban J connectivity index is 1.81. The molecule has 0 saturated carbocycles. The van der Waals surface area contributed by atoms with Crippen molar-refractivity contribution in [1.29, 1.82) is 0 Å². The third-order valence-corrected chi connectivity index (χ3v) is 3.34. The highest BCUT2D eigenvalue weighted by atomic mass is 16.7. The Morgan fingerprint density at radius 3 is 2.69 bits per heavy atom. The fourth-order valence-corrected chi connectivity index (χ4v) is 2.45. The van der Waals surface area contributed by atoms with Crippen molar-refractivity contribution in [3.05, 3.63) is 35.4 Å². The number of rotatable bonds is 2. The van der Waals surface area contributed by atoms with Crippen molar-refractivity contribution in [1.82, 2.24) is 5.32 Å². The molecule has 1 N–H and O–H groups in total. The number of nitrogens with one attached hydrogen (secondary N) is 1. The van der Waals surface area contributed by atoms with E-state index in [9.17, 15) is 0 Å². The van der Waals surface area contributed by atoms with Crippen molar-refractivity contribution in [2.24, 2.45) is 0 Å². The van der Waals surface area contributed by atoms with Crippen LogP contribution in [-0.4, -0.2) is 26.3 Å². The van der Waals surface area contributed by atoms with E-state index in [2.05, 4.69) is 29.6 Å². The van der Waals surface area contributed by atoms with Gasteiger partial charge < -0.3 is 14.8 Å². The highest BCUT2D eigenvalue weighted by Crippen LogP contribution is 2.28. The summed E-state index contributed by atoms with van der Waals surface area (Å²) in [5, 5.41) is 3.40. The second-order valence-electron chi connectivity index (χ2n) is 4.43. The summed E-state index contributed by atoms with van der Waals surface area (Å²) in [5.41, 5.74) is 2.56. The lowest BCUT2D eigenvalue weighted by Gasteiger charge is -2.13. The van der Waals surface area contributed by atoms with Crippen LogP contribution in [0.25, 0.3) is 0 Å². The number of ether oxygens (including phenoxy) is 2. The van der Waals surface area contributed by atoms with Crippen molar-refractivity contribution in [2.45, 2.75) is 18.6 Å². The Hall–Kier alpha value is -0.900. The smallest absolute Gasteiger partial charge is 0.184 e. The molecule has 3 rings (SSSR count). The van der Waals surface area contributed by atoms with Crippen LogP contribution < -0.4 is 5.32 Å². The summed E-state index contributed by atoms with van der Waals surface area (Å²) < 4.78 is 11.0. The Labute approximate surface area is 95.8 Å². The summed E-state index contributed by atoms with van der Waals surface area (Å²) in [6.07, 6.45) is 1.09. The van der Waals surface area contributed by atoms with Gasteiger partial charge in [-0.2, -0.15) is 0 Å². The van der Waals surface area contributed by atoms with Crippen molar-refractivity contribution in [2.75, 3.05) is 26.3 Å². The van der Waals surface area contributed by atoms with E-state index in [0.717, 1.165) is 18.7 Å². The van der Waals surface area contributed by atoms with Gasteiger partial charge >= 0.3 is 0 Å². The molecule has 2 aliphatic heterocycles. The van der Waals surface area contributed by atoms with Crippen LogP contribution in [0.5, 0.6) is 0 Å². The minimum atomic E-state index is -0.144. The molecule has 2 fully saturated rings. The summed E-state index contributed by atoms with van der Waals surface area (Å²) >= 11 is 0. The van der Waals surface area contributed by atoms with Crippen LogP contribution in [-0.2, 0) is 9.47 Å². The van der Waals surface area contributed by atoms with Gasteiger partial charge in [0.2, 0.25) is 0 Å². The highest BCUT2D eigenvalue weighted by Gasteiger charge is 2.21. The van der Waals surface area contributed by atoms with E-state index in [1.807, 2.05) is 0 Å². The molecule has 1 aromatic rings. The first-order valence-electron chi connectivity index (χ1n) is 5.97. The molecular formula is C13H17NO2. The van der Waals surface area contributed by atoms with Crippen LogP contribution in [0, 0.1) is 0 Å². The molecule has 0 amide bonds. The van der Waals surface area contributed by atoms with Crippen LogP contribution in [0.4, 0.5) is 0 Å². The second-order valence-corrected chi connectivity index (χ2v) is 4.43. The fraction of sp³-hybridized carbons (Fsp3) is 0.538. The van der Waals surface area contributed by atoms with E-state index in [0.29, 0.717) is 19.1 Å². The van der Waals surface area contributed by atoms with Crippen LogP contribution >= 0.6 is 0 Å². The summed E-state index contributed by atoms with van der Waals surface area (Å²) in [5.74, 6) is 0.654. The van der Waals surface area contributed by atoms with E-state index in [-0.39, 0.29) is 6.29 Å². The maximum atomic E-state index is 5.52. The van der Waals surface area contributed by atoms with E-state index in [1.165, 1.54) is 12.0 Å². The summed E-state index contributed by atoms with van der Waals surface area (Å²) in [6, 6.07) is 8.62. The zero-order valence-corrected chi connectivity index (χ0v) is 9.32. The van der Waals surface area contributed by atoms with Gasteiger partial charge in [0.05, 0.1) is 13.2 Å². The predicted molar refractivity (Wildman–Crippen MR) is 61.3 cm³/mol. The minimum absolute atomic E-state index is 0.144. The largest absolute Gasteiger partial charge is 0.346 e. The lowest BCUT2D eigenvalue weighted by atomic mass is 9.96. The number of benzene rings is 1. The van der Waals surface area contributed by atoms with E-state index in [1.54, 1.807) is 0 Å². The lowest BCUT2D eigenvalue weighted by molar-refractivity contribution is -0.0441. The maximum Gasteiger partial charge on any atom is 0.184 e. The maximum absolute atomic E-state index is 5.52. The van der Waals surface area contributed by atoms with Gasteiger partial charge in [-0.15, -0.1) is 0 Å². The van der Waals surface area contributed by atoms with Gasteiger partial charge in [-0.25, -0.2) is 0 Å². The molecule has 1 aromatic carbocycles. The van der Waals surface area contributed by atoms with E-state index >= 15 is 0 Å². The van der Waals surface area contributed by atoms with Gasteiger partial charge in [0, 0.05) is 12.1 Å². The van der Waals surface area contributed by atoms with Gasteiger partial charge in [0.25, 0.3) is 0 Å². The molecule has 2 aliphatic rings. The Bertz CT molecular complexity index is 323. The third-order valence-electron chi connectivity index (χ3n) is 3.34. The van der Waals surface area contributed by atoms with Gasteiger partial charge in [-0.05, 0) is 24.4 Å². The molecule has 1 unspecified atom stereocenters. The fourth-order valence-electron chi connectivity index (χ4n) is 2.45. The number of hydrogen-bond acceptors (Lipinski definition) is 3. The standard InChI is InChI=1S/C13H17NO2/c1-2-10(12-4-5-14-9-12)8-11(3-1)13-15-6-7-16-13/h1-3,8,12-14H,4-7,9H2. The molecule has 0 aromatic heterocycles. The first-order chi connectivity index (χ1) is 7.93. The molecule has 0 spiro atoms. The molecular weight excluding hydrogens is 202 g/mol. The van der Waals surface area contributed by atoms with Crippen LogP contribution in [0.1, 0.15) is 29.8 Å². The molecule has 0 bridgehead atoms. The first-order valence-corrected chi connectivity index (χ1v) is 5.97. The summed E-state index contributed by atoms with van der Waals surface area (Å²) in [6.45, 7) is 3.64. The lowest BCUT2D eigenvalue weighted by Crippen LogP contribution is -2.08. The van der Waals surface area contributed by atoms with Gasteiger partial charge in [-0.1, -0.05) is 24.3 Å². The molecule has 2 heterocycles. The quantitative estimate of drug-likeness (QED) is 0.823. The molecule has 1 atom stereocenters. The molecule has 16 heavy (non-hydrogen) atoms. The van der Waals surface area contributed by atoms with Crippen LogP contribution in [0.2, 0.25) is 0 Å². The molecule has 3 heteroatoms. The number of hydrogen-bond donors (Lipinski definition) is 1. The van der Waals surface area contributed by atoms with Crippen molar-refractivity contribution in [3.63, 3.8) is 0 Å². The molecule has 0 radical (unpaired) electrons. The van der Waals surface area contributed by atoms with Crippen molar-refractivity contribution in [3.8, 4) is 0 Å². The zero-order valence-electron chi connectivity index (χ0n) is 9.32. The Morgan fingerprint density at radius 1 is 1.12 bits per heavy atom. The van der Waals surface area contributed by atoms with Gasteiger partial charge in [0.1, 0.15) is 0 Å². The van der Waals surface area contributed by atoms with Crippen LogP contribution in [0.15, 0.2) is 24.3 Å². The molecule has 3 nitrogen and oxygen atoms in total. The van der Waals surface area contributed by atoms with E-state index < -0.39 is 0 Å². The monoisotopic (exact) mass is 219 g/mol. The molecule has 0 aliphatic carbocycles. The van der Waals surface area contributed by atoms with Crippen molar-refractivity contribution < 1.29 is 9.47 Å². The highest BCUT2D eigenvalue weighted by molar-refractivity contribution is 5.28. The molecule has 86 valence electrons. The summed E-state index contributed by atoms with van der Waals surface area (Å²) in [4.78, 5) is 0. The normalized spacial score (nSPS) is 26.4. The first kappa shape index (κ1) is 10.3. The van der Waals surface area contributed by atoms with Crippen LogP contribution in [0.3, 0.4) is 0 Å². The zero-order chi connectivity index (χ0) is 10.8. The Morgan fingerprint density at radius 2 is 1.94 bits per heavy atom. The van der Waals surface area contributed by atoms with Gasteiger partial charge in [-0.3, -0.25) is 0 Å². The van der Waals surface area contributed by atoms with Crippen molar-refractivity contribution >= 4 is 0 Å². The SMILES string of the molecule is c1cc(C2CCNC2)cc(C2OCCO2)c1. The molecule has 2 saturated heterocycles. The summed E-state index contributed by atoms with van der Waals surface area (Å²) in [7, 11) is 0. The van der Waals surface area contributed by atoms with Gasteiger partial charge in [0.15, 0.2) is 6.29 Å². The second kappa shape index (κ2) is 4.53. The topological polar surface area (TPSA) is 30.5 Å².